The van der Waals surface area contributed by atoms with Crippen molar-refractivity contribution in [3.63, 3.8) is 0 Å². The molecule has 0 spiro atoms. The summed E-state index contributed by atoms with van der Waals surface area (Å²) in [5.74, 6) is 0. The zero-order chi connectivity index (χ0) is 17.5. The van der Waals surface area contributed by atoms with Crippen LogP contribution < -0.4 is 0 Å². The number of hydrogen-bond donors (Lipinski definition) is 0. The zero-order valence-electron chi connectivity index (χ0n) is 16.7. The SMILES string of the molecule is CCC1=[C]([Zr]([N](CC)CC)([N](CC)CC)[N](CC)CC)CC=C1. The molecule has 0 saturated carbocycles. The Labute approximate surface area is 151 Å². The zero-order valence-corrected chi connectivity index (χ0v) is 19.1. The molecule has 1 aliphatic carbocycles. The summed E-state index contributed by atoms with van der Waals surface area (Å²) in [6.45, 7) is 23.5. The van der Waals surface area contributed by atoms with Crippen molar-refractivity contribution in [2.24, 2.45) is 0 Å². The second-order valence-electron chi connectivity index (χ2n) is 6.12. The summed E-state index contributed by atoms with van der Waals surface area (Å²) in [5.41, 5.74) is 1.63. The van der Waals surface area contributed by atoms with E-state index in [1.165, 1.54) is 52.1 Å². The van der Waals surface area contributed by atoms with Gasteiger partial charge in [-0.15, -0.1) is 0 Å². The van der Waals surface area contributed by atoms with Crippen LogP contribution in [0.25, 0.3) is 0 Å². The van der Waals surface area contributed by atoms with Crippen LogP contribution in [0.2, 0.25) is 0 Å². The van der Waals surface area contributed by atoms with E-state index in [4.69, 9.17) is 0 Å². The van der Waals surface area contributed by atoms with Crippen LogP contribution in [0.5, 0.6) is 0 Å². The average molecular weight is 401 g/mol. The minimum atomic E-state index is -3.01. The second-order valence-corrected chi connectivity index (χ2v) is 15.4. The molecule has 0 aromatic rings. The molecule has 1 rings (SSSR count). The Hall–Kier alpha value is 0.243. The molecule has 0 bridgehead atoms. The molecule has 0 saturated heterocycles. The van der Waals surface area contributed by atoms with Gasteiger partial charge in [0.05, 0.1) is 0 Å². The van der Waals surface area contributed by atoms with E-state index < -0.39 is 21.1 Å². The fraction of sp³-hybridized carbons (Fsp3) is 0.789. The molecule has 134 valence electrons. The third kappa shape index (κ3) is 3.92. The van der Waals surface area contributed by atoms with Crippen molar-refractivity contribution in [3.8, 4) is 0 Å². The van der Waals surface area contributed by atoms with Crippen molar-refractivity contribution in [2.75, 3.05) is 39.3 Å². The summed E-state index contributed by atoms with van der Waals surface area (Å²) in [5, 5.41) is 0. The summed E-state index contributed by atoms with van der Waals surface area (Å²) in [6.07, 6.45) is 7.19. The molecule has 23 heavy (non-hydrogen) atoms. The normalized spacial score (nSPS) is 15.7. The third-order valence-electron chi connectivity index (χ3n) is 5.43. The first-order valence-electron chi connectivity index (χ1n) is 9.76. The van der Waals surface area contributed by atoms with Gasteiger partial charge in [0.15, 0.2) is 0 Å². The summed E-state index contributed by atoms with van der Waals surface area (Å²) >= 11 is -3.01. The molecule has 0 aliphatic heterocycles. The molecular formula is C19H39N3Zr. The van der Waals surface area contributed by atoms with Gasteiger partial charge in [-0.2, -0.15) is 0 Å². The molecule has 0 amide bonds. The quantitative estimate of drug-likeness (QED) is 0.504. The molecule has 3 nitrogen and oxygen atoms in total. The Morgan fingerprint density at radius 2 is 1.13 bits per heavy atom. The molecule has 0 atom stereocenters. The van der Waals surface area contributed by atoms with E-state index >= 15 is 0 Å². The van der Waals surface area contributed by atoms with Crippen LogP contribution in [-0.2, 0) is 21.1 Å². The van der Waals surface area contributed by atoms with Crippen LogP contribution in [0.3, 0.4) is 0 Å². The maximum absolute atomic E-state index is 3.01. The van der Waals surface area contributed by atoms with Crippen molar-refractivity contribution >= 4 is 0 Å². The Bertz CT molecular complexity index is 374. The third-order valence-corrected chi connectivity index (χ3v) is 19.9. The van der Waals surface area contributed by atoms with E-state index in [2.05, 4.69) is 69.1 Å². The van der Waals surface area contributed by atoms with Gasteiger partial charge in [-0.25, -0.2) is 0 Å². The van der Waals surface area contributed by atoms with E-state index in [9.17, 15) is 0 Å². The van der Waals surface area contributed by atoms with Gasteiger partial charge >= 0.3 is 151 Å². The fourth-order valence-electron chi connectivity index (χ4n) is 4.40. The van der Waals surface area contributed by atoms with E-state index in [1.54, 1.807) is 5.57 Å². The van der Waals surface area contributed by atoms with E-state index in [0.717, 1.165) is 0 Å². The molecule has 0 aromatic carbocycles. The van der Waals surface area contributed by atoms with Crippen LogP contribution in [0.15, 0.2) is 21.0 Å². The number of allylic oxidation sites excluding steroid dienone is 4. The number of hydrogen-bond acceptors (Lipinski definition) is 3. The molecular weight excluding hydrogens is 361 g/mol. The molecule has 4 heteroatoms. The van der Waals surface area contributed by atoms with Crippen LogP contribution >= 0.6 is 0 Å². The molecule has 0 N–H and O–H groups in total. The Balaban J connectivity index is 3.64. The van der Waals surface area contributed by atoms with E-state index in [-0.39, 0.29) is 0 Å². The monoisotopic (exact) mass is 399 g/mol. The van der Waals surface area contributed by atoms with Gasteiger partial charge in [0, 0.05) is 0 Å². The van der Waals surface area contributed by atoms with E-state index in [0.29, 0.717) is 0 Å². The Morgan fingerprint density at radius 1 is 0.739 bits per heavy atom. The molecule has 1 aliphatic rings. The van der Waals surface area contributed by atoms with E-state index in [1.807, 2.05) is 3.28 Å². The Kier molecular flexibility index (Phi) is 9.52. The average Bonchev–Trinajstić information content (AvgIpc) is 3.06. The first-order chi connectivity index (χ1) is 11.1. The van der Waals surface area contributed by atoms with Gasteiger partial charge in [0.25, 0.3) is 0 Å². The van der Waals surface area contributed by atoms with Crippen molar-refractivity contribution in [1.82, 2.24) is 8.53 Å². The van der Waals surface area contributed by atoms with Gasteiger partial charge in [-0.3, -0.25) is 0 Å². The standard InChI is InChI=1S/C7H9.3C4H10N.Zr/c1-2-7-5-3-4-6-7;3*1-3-5-4-2;/h3,5H,2,4H2,1H3;3*3-4H2,1-2H3;/q;3*-1;+3. The van der Waals surface area contributed by atoms with Gasteiger partial charge in [0.1, 0.15) is 0 Å². The van der Waals surface area contributed by atoms with Crippen molar-refractivity contribution < 1.29 is 21.1 Å². The number of rotatable bonds is 11. The maximum atomic E-state index is 2.88. The molecule has 0 fully saturated rings. The van der Waals surface area contributed by atoms with Crippen LogP contribution in [0.4, 0.5) is 0 Å². The van der Waals surface area contributed by atoms with Gasteiger partial charge in [0.2, 0.25) is 0 Å². The van der Waals surface area contributed by atoms with Crippen LogP contribution in [-0.4, -0.2) is 47.8 Å². The van der Waals surface area contributed by atoms with Crippen LogP contribution in [0.1, 0.15) is 61.3 Å². The van der Waals surface area contributed by atoms with Gasteiger partial charge in [-0.05, 0) is 0 Å². The molecule has 0 heterocycles. The predicted molar refractivity (Wildman–Crippen MR) is 99.8 cm³/mol. The van der Waals surface area contributed by atoms with Crippen molar-refractivity contribution in [2.45, 2.75) is 61.3 Å². The Morgan fingerprint density at radius 3 is 1.43 bits per heavy atom. The molecule has 0 unspecified atom stereocenters. The summed E-state index contributed by atoms with van der Waals surface area (Å²) < 4.78 is 10.5. The first kappa shape index (κ1) is 21.3. The summed E-state index contributed by atoms with van der Waals surface area (Å²) in [7, 11) is 0. The van der Waals surface area contributed by atoms with Gasteiger partial charge < -0.3 is 0 Å². The first-order valence-corrected chi connectivity index (χ1v) is 14.3. The van der Waals surface area contributed by atoms with Crippen molar-refractivity contribution in [1.29, 1.82) is 0 Å². The second kappa shape index (κ2) is 10.3. The molecule has 0 radical (unpaired) electrons. The fourth-order valence-corrected chi connectivity index (χ4v) is 19.3. The summed E-state index contributed by atoms with van der Waals surface area (Å²) in [4.78, 5) is 0. The summed E-state index contributed by atoms with van der Waals surface area (Å²) in [6, 6.07) is 0. The predicted octanol–water partition coefficient (Wildman–Crippen LogP) is 4.53. The van der Waals surface area contributed by atoms with Crippen molar-refractivity contribution in [3.05, 3.63) is 21.0 Å². The van der Waals surface area contributed by atoms with Gasteiger partial charge in [-0.1, -0.05) is 0 Å². The number of nitrogens with zero attached hydrogens (tertiary/aromatic N) is 3. The van der Waals surface area contributed by atoms with Crippen LogP contribution in [0, 0.1) is 0 Å². The minimum absolute atomic E-state index is 1.17. The topological polar surface area (TPSA) is 9.72 Å². The molecule has 0 aromatic heterocycles.